The Bertz CT molecular complexity index is 473. The molecular weight excluding hydrogens is 322 g/mol. The van der Waals surface area contributed by atoms with Crippen LogP contribution in [-0.2, 0) is 0 Å². The van der Waals surface area contributed by atoms with Gasteiger partial charge in [-0.15, -0.1) is 0 Å². The van der Waals surface area contributed by atoms with E-state index in [1.54, 1.807) is 12.1 Å². The van der Waals surface area contributed by atoms with E-state index < -0.39 is 6.67 Å². The number of ether oxygens (including phenoxy) is 1. The molecule has 0 unspecified atom stereocenters. The van der Waals surface area contributed by atoms with Crippen LogP contribution < -0.4 is 9.92 Å². The molecule has 2 rings (SSSR count). The first-order valence-electron chi connectivity index (χ1n) is 9.45. The molecule has 1 nitrogen and oxygen atoms in total. The molecule has 0 N–H and O–H groups in total. The fraction of sp³-hybridized carbons (Fsp3) is 0.700. The maximum atomic E-state index is 14.1. The van der Waals surface area contributed by atoms with Gasteiger partial charge in [-0.1, -0.05) is 70.4 Å². The number of hydrogen-bond donors (Lipinski definition) is 0. The van der Waals surface area contributed by atoms with Gasteiger partial charge < -0.3 is 4.74 Å². The van der Waals surface area contributed by atoms with Crippen LogP contribution in [0.1, 0.15) is 58.3 Å². The molecule has 0 bridgehead atoms. The van der Waals surface area contributed by atoms with Gasteiger partial charge in [0.05, 0.1) is 9.52 Å². The minimum atomic E-state index is -0.549. The number of halogens is 2. The van der Waals surface area contributed by atoms with Gasteiger partial charge in [-0.2, -0.15) is 0 Å². The van der Waals surface area contributed by atoms with Gasteiger partial charge in [-0.25, -0.2) is 8.78 Å². The predicted octanol–water partition coefficient (Wildman–Crippen LogP) is 5.31. The van der Waals surface area contributed by atoms with Crippen molar-refractivity contribution >= 4 is 14.7 Å². The van der Waals surface area contributed by atoms with Gasteiger partial charge in [-0.05, 0) is 23.1 Å². The molecular formula is C20H30F2OSi. The third-order valence-corrected chi connectivity index (χ3v) is 6.62. The predicted molar refractivity (Wildman–Crippen MR) is 97.7 cm³/mol. The number of unbranched alkanes of at least 4 members (excludes halogenated alkanes) is 2. The number of hydrogen-bond acceptors (Lipinski definition) is 1. The van der Waals surface area contributed by atoms with Gasteiger partial charge in [-0.3, -0.25) is 0 Å². The van der Waals surface area contributed by atoms with Crippen LogP contribution >= 0.6 is 0 Å². The van der Waals surface area contributed by atoms with Crippen LogP contribution in [0.25, 0.3) is 0 Å². The van der Waals surface area contributed by atoms with Crippen LogP contribution in [0.2, 0.25) is 6.04 Å². The Balaban J connectivity index is 1.70. The highest BCUT2D eigenvalue weighted by Gasteiger charge is 2.21. The first-order chi connectivity index (χ1) is 11.7. The van der Waals surface area contributed by atoms with Gasteiger partial charge in [0.25, 0.3) is 0 Å². The van der Waals surface area contributed by atoms with E-state index in [0.717, 1.165) is 23.1 Å². The maximum absolute atomic E-state index is 14.1. The van der Waals surface area contributed by atoms with Crippen LogP contribution in [0.3, 0.4) is 0 Å². The second-order valence-electron chi connectivity index (χ2n) is 6.94. The molecule has 24 heavy (non-hydrogen) atoms. The fourth-order valence-corrected chi connectivity index (χ4v) is 4.91. The van der Waals surface area contributed by atoms with Crippen molar-refractivity contribution in [2.75, 3.05) is 13.3 Å². The Morgan fingerprint density at radius 3 is 2.54 bits per heavy atom. The van der Waals surface area contributed by atoms with E-state index in [4.69, 9.17) is 4.74 Å². The van der Waals surface area contributed by atoms with Crippen molar-refractivity contribution in [3.8, 4) is 5.75 Å². The third kappa shape index (κ3) is 6.54. The molecule has 0 atom stereocenters. The van der Waals surface area contributed by atoms with E-state index in [-0.39, 0.29) is 12.4 Å². The number of alkyl halides is 1. The molecule has 0 aromatic heterocycles. The first kappa shape index (κ1) is 19.4. The normalized spacial score (nSPS) is 21.0. The van der Waals surface area contributed by atoms with Crippen LogP contribution in [-0.4, -0.2) is 22.8 Å². The Hall–Kier alpha value is -0.903. The largest absolute Gasteiger partial charge is 0.491 e. The summed E-state index contributed by atoms with van der Waals surface area (Å²) in [4.78, 5) is 0. The summed E-state index contributed by atoms with van der Waals surface area (Å²) in [5, 5.41) is 0.785. The molecule has 1 saturated carbocycles. The molecule has 0 heterocycles. The summed E-state index contributed by atoms with van der Waals surface area (Å²) in [6.07, 6.45) is 10.8. The third-order valence-electron chi connectivity index (χ3n) is 5.05. The minimum absolute atomic E-state index is 0.0113. The lowest BCUT2D eigenvalue weighted by molar-refractivity contribution is 0.271. The van der Waals surface area contributed by atoms with E-state index in [2.05, 4.69) is 6.92 Å². The van der Waals surface area contributed by atoms with E-state index in [0.29, 0.717) is 15.3 Å². The zero-order chi connectivity index (χ0) is 17.2. The summed E-state index contributed by atoms with van der Waals surface area (Å²) in [6.45, 7) is 1.70. The fourth-order valence-electron chi connectivity index (χ4n) is 3.55. The SMILES string of the molecule is CCCCCC1CCC(C[Si]c2ccc(OCCF)cc2F)CC1. The van der Waals surface area contributed by atoms with Crippen LogP contribution in [0.15, 0.2) is 18.2 Å². The van der Waals surface area contributed by atoms with Crippen molar-refractivity contribution in [1.29, 1.82) is 0 Å². The van der Waals surface area contributed by atoms with E-state index in [9.17, 15) is 8.78 Å². The second-order valence-corrected chi connectivity index (χ2v) is 8.24. The van der Waals surface area contributed by atoms with Crippen LogP contribution in [0.5, 0.6) is 5.75 Å². The molecule has 2 radical (unpaired) electrons. The topological polar surface area (TPSA) is 9.23 Å². The van der Waals surface area contributed by atoms with Crippen molar-refractivity contribution in [2.24, 2.45) is 11.8 Å². The molecule has 134 valence electrons. The molecule has 0 saturated heterocycles. The molecule has 1 aromatic carbocycles. The monoisotopic (exact) mass is 352 g/mol. The zero-order valence-corrected chi connectivity index (χ0v) is 15.8. The summed E-state index contributed by atoms with van der Waals surface area (Å²) in [5.74, 6) is 1.90. The molecule has 1 aliphatic rings. The summed E-state index contributed by atoms with van der Waals surface area (Å²) < 4.78 is 31.3. The van der Waals surface area contributed by atoms with Gasteiger partial charge >= 0.3 is 0 Å². The highest BCUT2D eigenvalue weighted by molar-refractivity contribution is 6.53. The number of rotatable bonds is 10. The molecule has 0 aliphatic heterocycles. The molecule has 4 heteroatoms. The summed E-state index contributed by atoms with van der Waals surface area (Å²) in [5.41, 5.74) is 0. The van der Waals surface area contributed by atoms with Crippen molar-refractivity contribution in [3.05, 3.63) is 24.0 Å². The lowest BCUT2D eigenvalue weighted by Crippen LogP contribution is -2.23. The molecule has 1 fully saturated rings. The van der Waals surface area contributed by atoms with Gasteiger partial charge in [0.1, 0.15) is 24.8 Å². The Morgan fingerprint density at radius 1 is 1.12 bits per heavy atom. The number of benzene rings is 1. The van der Waals surface area contributed by atoms with Crippen molar-refractivity contribution in [3.63, 3.8) is 0 Å². The molecule has 0 amide bonds. The standard InChI is InChI=1S/C20H30F2OSi/c1-2-3-4-5-16-6-8-17(9-7-16)15-24-20-11-10-18(14-19(20)22)23-13-12-21/h10-11,14,16-17H,2-9,12-13,15H2,1H3. The van der Waals surface area contributed by atoms with Gasteiger partial charge in [0.2, 0.25) is 0 Å². The average Bonchev–Trinajstić information content (AvgIpc) is 2.60. The van der Waals surface area contributed by atoms with Crippen molar-refractivity contribution in [1.82, 2.24) is 0 Å². The van der Waals surface area contributed by atoms with E-state index >= 15 is 0 Å². The summed E-state index contributed by atoms with van der Waals surface area (Å²) in [7, 11) is 0.521. The highest BCUT2D eigenvalue weighted by atomic mass is 28.2. The maximum Gasteiger partial charge on any atom is 0.125 e. The van der Waals surface area contributed by atoms with E-state index in [1.807, 2.05) is 0 Å². The first-order valence-corrected chi connectivity index (χ1v) is 10.7. The van der Waals surface area contributed by atoms with Crippen LogP contribution in [0, 0.1) is 17.7 Å². The summed E-state index contributed by atoms with van der Waals surface area (Å²) in [6, 6.07) is 6.05. The Morgan fingerprint density at radius 2 is 1.88 bits per heavy atom. The zero-order valence-electron chi connectivity index (χ0n) is 14.8. The van der Waals surface area contributed by atoms with Gasteiger partial charge in [0.15, 0.2) is 0 Å². The Labute approximate surface area is 148 Å². The lowest BCUT2D eigenvalue weighted by Gasteiger charge is -2.28. The second kappa shape index (κ2) is 10.9. The van der Waals surface area contributed by atoms with Crippen molar-refractivity contribution in [2.45, 2.75) is 64.3 Å². The summed E-state index contributed by atoms with van der Waals surface area (Å²) >= 11 is 0. The average molecular weight is 353 g/mol. The quantitative estimate of drug-likeness (QED) is 0.410. The highest BCUT2D eigenvalue weighted by Crippen LogP contribution is 2.33. The van der Waals surface area contributed by atoms with E-state index in [1.165, 1.54) is 57.4 Å². The van der Waals surface area contributed by atoms with Crippen LogP contribution in [0.4, 0.5) is 8.78 Å². The van der Waals surface area contributed by atoms with Crippen molar-refractivity contribution < 1.29 is 13.5 Å². The lowest BCUT2D eigenvalue weighted by atomic mass is 9.80. The van der Waals surface area contributed by atoms with Gasteiger partial charge in [0, 0.05) is 6.07 Å². The molecule has 0 spiro atoms. The molecule has 1 aliphatic carbocycles. The minimum Gasteiger partial charge on any atom is -0.491 e. The Kier molecular flexibility index (Phi) is 8.79. The smallest absolute Gasteiger partial charge is 0.125 e. The molecule has 1 aromatic rings.